The molecule has 2 fully saturated rings. The first-order valence-corrected chi connectivity index (χ1v) is 10.5. The molecule has 0 amide bonds. The van der Waals surface area contributed by atoms with Crippen molar-refractivity contribution >= 4 is 28.4 Å². The maximum atomic E-state index is 12.7. The van der Waals surface area contributed by atoms with Gasteiger partial charge in [-0.25, -0.2) is 4.98 Å². The number of hydrogen-bond donors (Lipinski definition) is 1. The van der Waals surface area contributed by atoms with Crippen molar-refractivity contribution in [2.24, 2.45) is 11.3 Å². The Morgan fingerprint density at radius 2 is 2.25 bits per heavy atom. The van der Waals surface area contributed by atoms with E-state index in [1.807, 2.05) is 5.38 Å². The Morgan fingerprint density at radius 3 is 2.96 bits per heavy atom. The smallest absolute Gasteiger partial charge is 0.324 e. The zero-order valence-electron chi connectivity index (χ0n) is 16.7. The Morgan fingerprint density at radius 1 is 1.46 bits per heavy atom. The molecule has 2 aliphatic rings. The number of cyclic esters (lactones) is 2. The van der Waals surface area contributed by atoms with E-state index in [0.717, 1.165) is 11.6 Å². The highest BCUT2D eigenvalue weighted by atomic mass is 32.1. The van der Waals surface area contributed by atoms with Crippen LogP contribution in [-0.2, 0) is 29.4 Å². The van der Waals surface area contributed by atoms with Gasteiger partial charge in [0.25, 0.3) is 0 Å². The van der Waals surface area contributed by atoms with Crippen molar-refractivity contribution in [1.82, 2.24) is 4.98 Å². The molecule has 3 heterocycles. The van der Waals surface area contributed by atoms with E-state index in [1.54, 1.807) is 13.0 Å². The second-order valence-electron chi connectivity index (χ2n) is 8.08. The molecule has 0 aliphatic carbocycles. The molecule has 0 unspecified atom stereocenters. The van der Waals surface area contributed by atoms with Gasteiger partial charge >= 0.3 is 11.9 Å². The molecule has 28 heavy (non-hydrogen) atoms. The fraction of sp³-hybridized carbons (Fsp3) is 0.650. The lowest BCUT2D eigenvalue weighted by atomic mass is 9.78. The molecular weight excluding hydrogens is 380 g/mol. The number of carbonyl (C=O) groups excluding carboxylic acids is 2. The standard InChI is InChI=1S/C20H28N2O5S/c1-5-7-21-18-22-15(11-28-18)19(4)12-20(17(24)27-19)9-14(26-16(20)23)10-25-8-6-13(2)3/h5,11,13-14H,1,6-10,12H2,2-4H3,(H,21,22)/t14-,19+,20+/m1/s1. The maximum absolute atomic E-state index is 12.7. The molecule has 0 saturated carbocycles. The fourth-order valence-electron chi connectivity index (χ4n) is 3.60. The van der Waals surface area contributed by atoms with Gasteiger partial charge in [-0.1, -0.05) is 19.9 Å². The molecule has 3 atom stereocenters. The third-order valence-electron chi connectivity index (χ3n) is 5.18. The van der Waals surface area contributed by atoms with Crippen molar-refractivity contribution < 1.29 is 23.8 Å². The van der Waals surface area contributed by atoms with Crippen molar-refractivity contribution in [2.45, 2.75) is 51.7 Å². The Kier molecular flexibility index (Phi) is 6.09. The molecule has 2 aliphatic heterocycles. The first-order chi connectivity index (χ1) is 13.3. The molecule has 0 aromatic carbocycles. The van der Waals surface area contributed by atoms with Crippen molar-refractivity contribution in [3.63, 3.8) is 0 Å². The first-order valence-electron chi connectivity index (χ1n) is 9.62. The van der Waals surface area contributed by atoms with Crippen LogP contribution in [0.1, 0.15) is 45.7 Å². The lowest BCUT2D eigenvalue weighted by molar-refractivity contribution is -0.160. The van der Waals surface area contributed by atoms with Crippen LogP contribution < -0.4 is 5.32 Å². The van der Waals surface area contributed by atoms with Gasteiger partial charge in [0.2, 0.25) is 0 Å². The summed E-state index contributed by atoms with van der Waals surface area (Å²) < 4.78 is 16.8. The average Bonchev–Trinajstić information content (AvgIpc) is 3.29. The monoisotopic (exact) mass is 408 g/mol. The quantitative estimate of drug-likeness (QED) is 0.290. The number of hydrogen-bond acceptors (Lipinski definition) is 8. The van der Waals surface area contributed by atoms with E-state index < -0.39 is 29.1 Å². The highest BCUT2D eigenvalue weighted by Gasteiger charge is 2.65. The van der Waals surface area contributed by atoms with Gasteiger partial charge in [0.1, 0.15) is 6.10 Å². The van der Waals surface area contributed by atoms with E-state index in [1.165, 1.54) is 11.3 Å². The number of anilines is 1. The maximum Gasteiger partial charge on any atom is 0.324 e. The summed E-state index contributed by atoms with van der Waals surface area (Å²) in [6.45, 7) is 11.2. The summed E-state index contributed by atoms with van der Waals surface area (Å²) in [5.41, 5.74) is -1.58. The van der Waals surface area contributed by atoms with Crippen LogP contribution in [0, 0.1) is 11.3 Å². The van der Waals surface area contributed by atoms with Crippen LogP contribution in [0.15, 0.2) is 18.0 Å². The molecule has 0 radical (unpaired) electrons. The van der Waals surface area contributed by atoms with E-state index >= 15 is 0 Å². The van der Waals surface area contributed by atoms with Crippen LogP contribution in [0.4, 0.5) is 5.13 Å². The van der Waals surface area contributed by atoms with Gasteiger partial charge in [-0.3, -0.25) is 9.59 Å². The number of ether oxygens (including phenoxy) is 3. The van der Waals surface area contributed by atoms with Crippen LogP contribution in [0.25, 0.3) is 0 Å². The van der Waals surface area contributed by atoms with E-state index in [-0.39, 0.29) is 12.8 Å². The van der Waals surface area contributed by atoms with E-state index in [2.05, 4.69) is 30.7 Å². The number of esters is 2. The summed E-state index contributed by atoms with van der Waals surface area (Å²) in [6, 6.07) is 0. The number of rotatable bonds is 9. The molecule has 1 spiro atoms. The van der Waals surface area contributed by atoms with Crippen LogP contribution in [-0.4, -0.2) is 42.8 Å². The van der Waals surface area contributed by atoms with Crippen LogP contribution in [0.5, 0.6) is 0 Å². The Balaban J connectivity index is 1.66. The molecular formula is C20H28N2O5S. The zero-order chi connectivity index (χ0) is 20.4. The van der Waals surface area contributed by atoms with Crippen molar-refractivity contribution in [3.8, 4) is 0 Å². The van der Waals surface area contributed by atoms with E-state index in [0.29, 0.717) is 31.4 Å². The van der Waals surface area contributed by atoms with Gasteiger partial charge in [-0.15, -0.1) is 17.9 Å². The predicted octanol–water partition coefficient (Wildman–Crippen LogP) is 3.27. The summed E-state index contributed by atoms with van der Waals surface area (Å²) in [7, 11) is 0. The van der Waals surface area contributed by atoms with E-state index in [4.69, 9.17) is 14.2 Å². The number of carbonyl (C=O) groups is 2. The molecule has 1 aromatic heterocycles. The minimum atomic E-state index is -1.26. The second-order valence-corrected chi connectivity index (χ2v) is 8.93. The number of nitrogens with zero attached hydrogens (tertiary/aromatic N) is 1. The summed E-state index contributed by atoms with van der Waals surface area (Å²) >= 11 is 1.43. The lowest BCUT2D eigenvalue weighted by Gasteiger charge is -2.20. The van der Waals surface area contributed by atoms with E-state index in [9.17, 15) is 9.59 Å². The summed E-state index contributed by atoms with van der Waals surface area (Å²) in [6.07, 6.45) is 2.77. The molecule has 154 valence electrons. The number of aromatic nitrogens is 1. The average molecular weight is 409 g/mol. The molecule has 7 nitrogen and oxygen atoms in total. The molecule has 1 aromatic rings. The number of thiazole rings is 1. The Bertz CT molecular complexity index is 749. The van der Waals surface area contributed by atoms with Crippen LogP contribution >= 0.6 is 11.3 Å². The summed E-state index contributed by atoms with van der Waals surface area (Å²) in [5.74, 6) is -0.496. The summed E-state index contributed by atoms with van der Waals surface area (Å²) in [4.78, 5) is 29.8. The SMILES string of the molecule is C=CCNc1nc([C@]2(C)C[C@]3(C[C@H](COCCC(C)C)OC3=O)C(=O)O2)cs1. The summed E-state index contributed by atoms with van der Waals surface area (Å²) in [5, 5.41) is 5.69. The van der Waals surface area contributed by atoms with Gasteiger partial charge in [0, 0.05) is 31.4 Å². The van der Waals surface area contributed by atoms with Gasteiger partial charge < -0.3 is 19.5 Å². The Hall–Kier alpha value is -1.93. The second kappa shape index (κ2) is 8.21. The highest BCUT2D eigenvalue weighted by molar-refractivity contribution is 7.13. The van der Waals surface area contributed by atoms with Gasteiger partial charge in [0.15, 0.2) is 16.1 Å². The van der Waals surface area contributed by atoms with Crippen molar-refractivity contribution in [2.75, 3.05) is 25.1 Å². The predicted molar refractivity (Wildman–Crippen MR) is 106 cm³/mol. The third kappa shape index (κ3) is 4.07. The van der Waals surface area contributed by atoms with Crippen LogP contribution in [0.2, 0.25) is 0 Å². The number of nitrogens with one attached hydrogen (secondary N) is 1. The van der Waals surface area contributed by atoms with Gasteiger partial charge in [0.05, 0.1) is 12.3 Å². The first kappa shape index (κ1) is 20.8. The molecule has 8 heteroatoms. The molecule has 2 saturated heterocycles. The zero-order valence-corrected chi connectivity index (χ0v) is 17.5. The Labute approximate surface area is 169 Å². The highest BCUT2D eigenvalue weighted by Crippen LogP contribution is 2.52. The topological polar surface area (TPSA) is 86.8 Å². The largest absolute Gasteiger partial charge is 0.459 e. The molecule has 3 rings (SSSR count). The van der Waals surface area contributed by atoms with Crippen molar-refractivity contribution in [1.29, 1.82) is 0 Å². The fourth-order valence-corrected chi connectivity index (χ4v) is 4.45. The normalized spacial score (nSPS) is 29.4. The molecule has 0 bridgehead atoms. The third-order valence-corrected chi connectivity index (χ3v) is 5.98. The molecule has 1 N–H and O–H groups in total. The van der Waals surface area contributed by atoms with Gasteiger partial charge in [-0.05, 0) is 19.3 Å². The minimum absolute atomic E-state index is 0.227. The lowest BCUT2D eigenvalue weighted by Crippen LogP contribution is -2.32. The minimum Gasteiger partial charge on any atom is -0.459 e. The van der Waals surface area contributed by atoms with Crippen molar-refractivity contribution in [3.05, 3.63) is 23.7 Å². The van der Waals surface area contributed by atoms with Crippen LogP contribution in [0.3, 0.4) is 0 Å². The van der Waals surface area contributed by atoms with Gasteiger partial charge in [-0.2, -0.15) is 0 Å².